The van der Waals surface area contributed by atoms with Crippen molar-refractivity contribution >= 4 is 0 Å². The lowest BCUT2D eigenvalue weighted by atomic mass is 9.87. The Morgan fingerprint density at radius 2 is 1.52 bits per heavy atom. The highest BCUT2D eigenvalue weighted by molar-refractivity contribution is 4.75. The quantitative estimate of drug-likeness (QED) is 0.773. The molecule has 0 atom stereocenters. The lowest BCUT2D eigenvalue weighted by Gasteiger charge is -2.34. The van der Waals surface area contributed by atoms with Crippen molar-refractivity contribution in [2.24, 2.45) is 11.8 Å². The number of hydrogen-bond acceptors (Lipinski definition) is 3. The van der Waals surface area contributed by atoms with Crippen LogP contribution in [0.5, 0.6) is 0 Å². The van der Waals surface area contributed by atoms with Gasteiger partial charge in [0, 0.05) is 19.6 Å². The van der Waals surface area contributed by atoms with E-state index < -0.39 is 0 Å². The molecule has 126 valence electrons. The zero-order valence-corrected chi connectivity index (χ0v) is 15.1. The van der Waals surface area contributed by atoms with Crippen molar-refractivity contribution in [2.45, 2.75) is 59.5 Å². The smallest absolute Gasteiger partial charge is 0.0600 e. The summed E-state index contributed by atoms with van der Waals surface area (Å²) in [6, 6.07) is 0. The highest BCUT2D eigenvalue weighted by Crippen LogP contribution is 2.24. The third-order valence-electron chi connectivity index (χ3n) is 5.00. The molecule has 2 aliphatic heterocycles. The molecule has 2 aliphatic rings. The summed E-state index contributed by atoms with van der Waals surface area (Å²) < 4.78 is 6.04. The van der Waals surface area contributed by atoms with E-state index in [1.54, 1.807) is 0 Å². The normalized spacial score (nSPS) is 23.1. The predicted octanol–water partition coefficient (Wildman–Crippen LogP) is 3.49. The Bertz CT molecular complexity index is 242. The highest BCUT2D eigenvalue weighted by Gasteiger charge is 2.22. The SMILES string of the molecule is CC.CC(C)C1CCN(CCOC2CCN(C)CC2)CC1. The molecular formula is C18H38N2O. The summed E-state index contributed by atoms with van der Waals surface area (Å²) in [7, 11) is 2.20. The average molecular weight is 299 g/mol. The molecule has 2 saturated heterocycles. The van der Waals surface area contributed by atoms with Crippen LogP contribution in [0.2, 0.25) is 0 Å². The van der Waals surface area contributed by atoms with Crippen LogP contribution in [0.15, 0.2) is 0 Å². The number of rotatable bonds is 5. The van der Waals surface area contributed by atoms with E-state index in [0.717, 1.165) is 25.0 Å². The number of ether oxygens (including phenoxy) is 1. The fourth-order valence-corrected chi connectivity index (χ4v) is 3.34. The van der Waals surface area contributed by atoms with E-state index in [0.29, 0.717) is 6.10 Å². The van der Waals surface area contributed by atoms with Crippen LogP contribution in [0.4, 0.5) is 0 Å². The van der Waals surface area contributed by atoms with Crippen molar-refractivity contribution in [1.29, 1.82) is 0 Å². The molecule has 0 aromatic rings. The minimum Gasteiger partial charge on any atom is -0.377 e. The second-order valence-corrected chi connectivity index (χ2v) is 6.80. The van der Waals surface area contributed by atoms with Crippen LogP contribution in [0, 0.1) is 11.8 Å². The minimum atomic E-state index is 0.518. The van der Waals surface area contributed by atoms with Gasteiger partial charge in [-0.15, -0.1) is 0 Å². The third kappa shape index (κ3) is 7.12. The number of likely N-dealkylation sites (tertiary alicyclic amines) is 2. The van der Waals surface area contributed by atoms with Crippen LogP contribution in [0.3, 0.4) is 0 Å². The second-order valence-electron chi connectivity index (χ2n) is 6.80. The molecule has 2 heterocycles. The molecule has 21 heavy (non-hydrogen) atoms. The van der Waals surface area contributed by atoms with Gasteiger partial charge in [0.25, 0.3) is 0 Å². The van der Waals surface area contributed by atoms with E-state index in [1.165, 1.54) is 51.9 Å². The van der Waals surface area contributed by atoms with Gasteiger partial charge in [0.2, 0.25) is 0 Å². The van der Waals surface area contributed by atoms with Crippen molar-refractivity contribution in [3.8, 4) is 0 Å². The topological polar surface area (TPSA) is 15.7 Å². The van der Waals surface area contributed by atoms with Gasteiger partial charge in [-0.25, -0.2) is 0 Å². The Morgan fingerprint density at radius 3 is 2.05 bits per heavy atom. The third-order valence-corrected chi connectivity index (χ3v) is 5.00. The minimum absolute atomic E-state index is 0.518. The number of nitrogens with zero attached hydrogens (tertiary/aromatic N) is 2. The van der Waals surface area contributed by atoms with Crippen LogP contribution in [0.25, 0.3) is 0 Å². The van der Waals surface area contributed by atoms with E-state index in [-0.39, 0.29) is 0 Å². The van der Waals surface area contributed by atoms with Crippen molar-refractivity contribution in [2.75, 3.05) is 46.4 Å². The summed E-state index contributed by atoms with van der Waals surface area (Å²) in [6.45, 7) is 15.7. The van der Waals surface area contributed by atoms with Gasteiger partial charge in [-0.05, 0) is 57.7 Å². The van der Waals surface area contributed by atoms with Gasteiger partial charge in [-0.2, -0.15) is 0 Å². The Labute approximate surface area is 133 Å². The molecule has 0 amide bonds. The standard InChI is InChI=1S/C16H32N2O.C2H6/c1-14(2)15-4-10-18(11-5-15)12-13-19-16-6-8-17(3)9-7-16;1-2/h14-16H,4-13H2,1-3H3;1-2H3. The van der Waals surface area contributed by atoms with Gasteiger partial charge in [-0.3, -0.25) is 0 Å². The summed E-state index contributed by atoms with van der Waals surface area (Å²) in [5.74, 6) is 1.81. The zero-order chi connectivity index (χ0) is 15.7. The number of piperidine rings is 2. The Balaban J connectivity index is 0.00000106. The van der Waals surface area contributed by atoms with Gasteiger partial charge in [0.1, 0.15) is 0 Å². The lowest BCUT2D eigenvalue weighted by Crippen LogP contribution is -2.39. The first-order chi connectivity index (χ1) is 10.1. The summed E-state index contributed by atoms with van der Waals surface area (Å²) >= 11 is 0. The maximum atomic E-state index is 6.04. The Morgan fingerprint density at radius 1 is 0.952 bits per heavy atom. The molecule has 3 heteroatoms. The summed E-state index contributed by atoms with van der Waals surface area (Å²) in [5.41, 5.74) is 0. The van der Waals surface area contributed by atoms with Gasteiger partial charge >= 0.3 is 0 Å². The van der Waals surface area contributed by atoms with Crippen LogP contribution in [-0.4, -0.2) is 62.3 Å². The maximum absolute atomic E-state index is 6.04. The molecule has 2 fully saturated rings. The van der Waals surface area contributed by atoms with Crippen molar-refractivity contribution in [3.05, 3.63) is 0 Å². The second kappa shape index (κ2) is 10.6. The average Bonchev–Trinajstić information content (AvgIpc) is 2.52. The Kier molecular flexibility index (Phi) is 9.54. The fraction of sp³-hybridized carbons (Fsp3) is 1.00. The molecule has 0 unspecified atom stereocenters. The van der Waals surface area contributed by atoms with Gasteiger partial charge in [0.15, 0.2) is 0 Å². The molecule has 0 aliphatic carbocycles. The van der Waals surface area contributed by atoms with Crippen LogP contribution >= 0.6 is 0 Å². The van der Waals surface area contributed by atoms with Gasteiger partial charge in [0.05, 0.1) is 12.7 Å². The molecule has 0 N–H and O–H groups in total. The Hall–Kier alpha value is -0.120. The number of hydrogen-bond donors (Lipinski definition) is 0. The molecule has 3 nitrogen and oxygen atoms in total. The van der Waals surface area contributed by atoms with E-state index in [9.17, 15) is 0 Å². The first-order valence-electron chi connectivity index (χ1n) is 9.17. The molecule has 0 aromatic carbocycles. The van der Waals surface area contributed by atoms with E-state index >= 15 is 0 Å². The van der Waals surface area contributed by atoms with Gasteiger partial charge in [-0.1, -0.05) is 27.7 Å². The van der Waals surface area contributed by atoms with E-state index in [2.05, 4.69) is 30.7 Å². The van der Waals surface area contributed by atoms with Crippen molar-refractivity contribution in [3.63, 3.8) is 0 Å². The monoisotopic (exact) mass is 298 g/mol. The largest absolute Gasteiger partial charge is 0.377 e. The first kappa shape index (κ1) is 18.9. The van der Waals surface area contributed by atoms with Crippen LogP contribution in [0.1, 0.15) is 53.4 Å². The molecule has 0 bridgehead atoms. The first-order valence-corrected chi connectivity index (χ1v) is 9.17. The van der Waals surface area contributed by atoms with E-state index in [1.807, 2.05) is 13.8 Å². The molecule has 0 radical (unpaired) electrons. The van der Waals surface area contributed by atoms with Crippen molar-refractivity contribution in [1.82, 2.24) is 9.80 Å². The molecular weight excluding hydrogens is 260 g/mol. The fourth-order valence-electron chi connectivity index (χ4n) is 3.34. The van der Waals surface area contributed by atoms with Gasteiger partial charge < -0.3 is 14.5 Å². The zero-order valence-electron chi connectivity index (χ0n) is 15.1. The summed E-state index contributed by atoms with van der Waals surface area (Å²) in [4.78, 5) is 4.99. The van der Waals surface area contributed by atoms with Crippen molar-refractivity contribution < 1.29 is 4.74 Å². The van der Waals surface area contributed by atoms with Crippen LogP contribution in [-0.2, 0) is 4.74 Å². The molecule has 0 aromatic heterocycles. The summed E-state index contributed by atoms with van der Waals surface area (Å²) in [6.07, 6.45) is 5.71. The lowest BCUT2D eigenvalue weighted by molar-refractivity contribution is -0.00152. The molecule has 2 rings (SSSR count). The molecule has 0 spiro atoms. The predicted molar refractivity (Wildman–Crippen MR) is 91.8 cm³/mol. The highest BCUT2D eigenvalue weighted by atomic mass is 16.5. The summed E-state index contributed by atoms with van der Waals surface area (Å²) in [5, 5.41) is 0. The van der Waals surface area contributed by atoms with Crippen LogP contribution < -0.4 is 0 Å². The van der Waals surface area contributed by atoms with E-state index in [4.69, 9.17) is 4.74 Å². The maximum Gasteiger partial charge on any atom is 0.0600 e. The molecule has 0 saturated carbocycles.